The topological polar surface area (TPSA) is 44.5 Å². The van der Waals surface area contributed by atoms with Crippen molar-refractivity contribution in [2.24, 2.45) is 5.73 Å². The standard InChI is InChI=1S/C9H8F5NO2/c10-8(11)16-6-1-5(4-15)2-7(3-6)17-9(12,13)14/h1-3,8H,4,15H2. The Morgan fingerprint density at radius 1 is 1.12 bits per heavy atom. The van der Waals surface area contributed by atoms with Crippen molar-refractivity contribution in [2.45, 2.75) is 19.5 Å². The first-order chi connectivity index (χ1) is 7.80. The summed E-state index contributed by atoms with van der Waals surface area (Å²) in [6, 6.07) is 2.81. The number of halogens is 5. The van der Waals surface area contributed by atoms with Gasteiger partial charge >= 0.3 is 13.0 Å². The van der Waals surface area contributed by atoms with Crippen LogP contribution in [0.3, 0.4) is 0 Å². The Bertz CT molecular complexity index is 380. The first kappa shape index (κ1) is 13.5. The lowest BCUT2D eigenvalue weighted by molar-refractivity contribution is -0.274. The Morgan fingerprint density at radius 3 is 2.18 bits per heavy atom. The van der Waals surface area contributed by atoms with Gasteiger partial charge in [0.15, 0.2) is 0 Å². The summed E-state index contributed by atoms with van der Waals surface area (Å²) in [7, 11) is 0. The Kier molecular flexibility index (Phi) is 4.11. The van der Waals surface area contributed by atoms with E-state index in [1.807, 2.05) is 0 Å². The van der Waals surface area contributed by atoms with E-state index >= 15 is 0 Å². The van der Waals surface area contributed by atoms with Crippen LogP contribution in [0.15, 0.2) is 18.2 Å². The molecule has 0 heterocycles. The highest BCUT2D eigenvalue weighted by Crippen LogP contribution is 2.28. The van der Waals surface area contributed by atoms with Crippen molar-refractivity contribution in [3.05, 3.63) is 23.8 Å². The summed E-state index contributed by atoms with van der Waals surface area (Å²) in [5.41, 5.74) is 5.39. The van der Waals surface area contributed by atoms with Crippen LogP contribution in [0.25, 0.3) is 0 Å². The van der Waals surface area contributed by atoms with Crippen molar-refractivity contribution in [2.75, 3.05) is 0 Å². The van der Waals surface area contributed by atoms with Crippen LogP contribution in [0, 0.1) is 0 Å². The zero-order valence-electron chi connectivity index (χ0n) is 8.30. The van der Waals surface area contributed by atoms with Crippen molar-refractivity contribution in [1.82, 2.24) is 0 Å². The maximum atomic E-state index is 11.9. The number of rotatable bonds is 4. The molecule has 0 radical (unpaired) electrons. The van der Waals surface area contributed by atoms with Gasteiger partial charge in [0.2, 0.25) is 0 Å². The molecule has 1 aromatic carbocycles. The summed E-state index contributed by atoms with van der Waals surface area (Å²) in [5.74, 6) is -1.10. The van der Waals surface area contributed by atoms with Crippen molar-refractivity contribution in [3.8, 4) is 11.5 Å². The quantitative estimate of drug-likeness (QED) is 0.843. The van der Waals surface area contributed by atoms with Gasteiger partial charge in [0.05, 0.1) is 0 Å². The van der Waals surface area contributed by atoms with E-state index in [4.69, 9.17) is 5.73 Å². The fourth-order valence-electron chi connectivity index (χ4n) is 1.11. The number of benzene rings is 1. The monoisotopic (exact) mass is 257 g/mol. The highest BCUT2D eigenvalue weighted by molar-refractivity contribution is 5.38. The SMILES string of the molecule is NCc1cc(OC(F)F)cc(OC(F)(F)F)c1. The van der Waals surface area contributed by atoms with E-state index in [-0.39, 0.29) is 12.1 Å². The second kappa shape index (κ2) is 5.17. The maximum absolute atomic E-state index is 11.9. The molecule has 0 bridgehead atoms. The maximum Gasteiger partial charge on any atom is 0.573 e. The molecule has 0 aromatic heterocycles. The molecular formula is C9H8F5NO2. The first-order valence-corrected chi connectivity index (χ1v) is 4.35. The van der Waals surface area contributed by atoms with Crippen LogP contribution in [-0.4, -0.2) is 13.0 Å². The zero-order chi connectivity index (χ0) is 13.1. The van der Waals surface area contributed by atoms with Crippen LogP contribution in [0.5, 0.6) is 11.5 Å². The minimum absolute atomic E-state index is 0.130. The first-order valence-electron chi connectivity index (χ1n) is 4.35. The number of alkyl halides is 5. The molecule has 0 fully saturated rings. The van der Waals surface area contributed by atoms with Crippen molar-refractivity contribution in [1.29, 1.82) is 0 Å². The molecule has 0 atom stereocenters. The minimum atomic E-state index is -4.91. The lowest BCUT2D eigenvalue weighted by Gasteiger charge is -2.12. The summed E-state index contributed by atoms with van der Waals surface area (Å²) in [5, 5.41) is 0. The summed E-state index contributed by atoms with van der Waals surface area (Å²) in [4.78, 5) is 0. The molecule has 17 heavy (non-hydrogen) atoms. The van der Waals surface area contributed by atoms with Crippen molar-refractivity contribution in [3.63, 3.8) is 0 Å². The van der Waals surface area contributed by atoms with E-state index in [9.17, 15) is 22.0 Å². The van der Waals surface area contributed by atoms with Crippen molar-refractivity contribution >= 4 is 0 Å². The minimum Gasteiger partial charge on any atom is -0.435 e. The smallest absolute Gasteiger partial charge is 0.435 e. The third-order valence-corrected chi connectivity index (χ3v) is 1.63. The second-order valence-corrected chi connectivity index (χ2v) is 2.94. The van der Waals surface area contributed by atoms with Crippen LogP contribution < -0.4 is 15.2 Å². The fraction of sp³-hybridized carbons (Fsp3) is 0.333. The van der Waals surface area contributed by atoms with E-state index in [0.717, 1.165) is 12.1 Å². The molecule has 0 amide bonds. The third-order valence-electron chi connectivity index (χ3n) is 1.63. The predicted molar refractivity (Wildman–Crippen MR) is 47.6 cm³/mol. The molecule has 1 rings (SSSR count). The van der Waals surface area contributed by atoms with Gasteiger partial charge in [-0.25, -0.2) is 0 Å². The van der Waals surface area contributed by atoms with E-state index in [1.165, 1.54) is 0 Å². The number of hydrogen-bond donors (Lipinski definition) is 1. The average Bonchev–Trinajstić information content (AvgIpc) is 2.13. The second-order valence-electron chi connectivity index (χ2n) is 2.94. The molecule has 1 aromatic rings. The highest BCUT2D eigenvalue weighted by atomic mass is 19.4. The molecule has 0 spiro atoms. The largest absolute Gasteiger partial charge is 0.573 e. The summed E-state index contributed by atoms with van der Waals surface area (Å²) < 4.78 is 67.2. The van der Waals surface area contributed by atoms with Gasteiger partial charge in [-0.05, 0) is 17.7 Å². The molecule has 2 N–H and O–H groups in total. The number of hydrogen-bond acceptors (Lipinski definition) is 3. The van der Waals surface area contributed by atoms with E-state index < -0.39 is 24.5 Å². The highest BCUT2D eigenvalue weighted by Gasteiger charge is 2.31. The predicted octanol–water partition coefficient (Wildman–Crippen LogP) is 2.65. The molecule has 0 unspecified atom stereocenters. The molecule has 0 aliphatic carbocycles. The molecule has 0 aliphatic heterocycles. The molecule has 3 nitrogen and oxygen atoms in total. The van der Waals surface area contributed by atoms with Gasteiger partial charge in [-0.1, -0.05) is 0 Å². The van der Waals surface area contributed by atoms with Crippen molar-refractivity contribution < 1.29 is 31.4 Å². The molecule has 96 valence electrons. The van der Waals surface area contributed by atoms with Crippen LogP contribution in [0.4, 0.5) is 22.0 Å². The Morgan fingerprint density at radius 2 is 1.71 bits per heavy atom. The van der Waals surface area contributed by atoms with Crippen LogP contribution in [0.2, 0.25) is 0 Å². The van der Waals surface area contributed by atoms with Gasteiger partial charge in [0.1, 0.15) is 11.5 Å². The molecule has 0 aliphatic rings. The van der Waals surface area contributed by atoms with Gasteiger partial charge in [0.25, 0.3) is 0 Å². The van der Waals surface area contributed by atoms with Gasteiger partial charge in [-0.3, -0.25) is 0 Å². The van der Waals surface area contributed by atoms with Gasteiger partial charge < -0.3 is 15.2 Å². The molecular weight excluding hydrogens is 249 g/mol. The van der Waals surface area contributed by atoms with Gasteiger partial charge in [0, 0.05) is 12.6 Å². The van der Waals surface area contributed by atoms with Gasteiger partial charge in [-0.2, -0.15) is 8.78 Å². The molecule has 8 heteroatoms. The number of ether oxygens (including phenoxy) is 2. The fourth-order valence-corrected chi connectivity index (χ4v) is 1.11. The summed E-state index contributed by atoms with van der Waals surface area (Å²) in [6.07, 6.45) is -4.91. The van der Waals surface area contributed by atoms with Crippen LogP contribution >= 0.6 is 0 Å². The van der Waals surface area contributed by atoms with Crippen LogP contribution in [-0.2, 0) is 6.54 Å². The zero-order valence-corrected chi connectivity index (χ0v) is 8.30. The Labute approximate surface area is 92.9 Å². The molecule has 0 saturated heterocycles. The lowest BCUT2D eigenvalue weighted by atomic mass is 10.2. The summed E-state index contributed by atoms with van der Waals surface area (Å²) >= 11 is 0. The normalized spacial score (nSPS) is 11.7. The van der Waals surface area contributed by atoms with Crippen LogP contribution in [0.1, 0.15) is 5.56 Å². The lowest BCUT2D eigenvalue weighted by Crippen LogP contribution is -2.17. The van der Waals surface area contributed by atoms with E-state index in [0.29, 0.717) is 6.07 Å². The van der Waals surface area contributed by atoms with E-state index in [2.05, 4.69) is 9.47 Å². The number of nitrogens with two attached hydrogens (primary N) is 1. The molecule has 0 saturated carbocycles. The Balaban J connectivity index is 2.97. The summed E-state index contributed by atoms with van der Waals surface area (Å²) in [6.45, 7) is -3.27. The Hall–Kier alpha value is -1.57. The van der Waals surface area contributed by atoms with Gasteiger partial charge in [-0.15, -0.1) is 13.2 Å². The van der Waals surface area contributed by atoms with E-state index in [1.54, 1.807) is 0 Å². The average molecular weight is 257 g/mol. The third kappa shape index (κ3) is 4.85.